The maximum atomic E-state index is 12.8. The summed E-state index contributed by atoms with van der Waals surface area (Å²) in [5, 5.41) is 10.8. The molecule has 25 heavy (non-hydrogen) atoms. The van der Waals surface area contributed by atoms with E-state index in [0.29, 0.717) is 30.5 Å². The molecule has 1 aromatic carbocycles. The summed E-state index contributed by atoms with van der Waals surface area (Å²) < 4.78 is 5.57. The minimum absolute atomic E-state index is 0.0192. The zero-order valence-electron chi connectivity index (χ0n) is 14.1. The third kappa shape index (κ3) is 3.14. The van der Waals surface area contributed by atoms with E-state index in [1.165, 1.54) is 0 Å². The zero-order valence-corrected chi connectivity index (χ0v) is 14.1. The van der Waals surface area contributed by atoms with E-state index in [4.69, 9.17) is 4.42 Å². The van der Waals surface area contributed by atoms with Crippen molar-refractivity contribution in [2.24, 2.45) is 0 Å². The van der Waals surface area contributed by atoms with Crippen LogP contribution in [0.1, 0.15) is 49.4 Å². The molecule has 2 aliphatic rings. The Morgan fingerprint density at radius 2 is 2.00 bits per heavy atom. The van der Waals surface area contributed by atoms with Gasteiger partial charge in [-0.1, -0.05) is 30.3 Å². The van der Waals surface area contributed by atoms with E-state index >= 15 is 0 Å². The number of nitrogens with one attached hydrogen (secondary N) is 1. The van der Waals surface area contributed by atoms with Gasteiger partial charge in [-0.15, -0.1) is 10.2 Å². The molecular weight excluding hydrogens is 320 g/mol. The highest BCUT2D eigenvalue weighted by molar-refractivity contribution is 6.06. The third-order valence-corrected chi connectivity index (χ3v) is 4.80. The number of nitrogens with zero attached hydrogens (tertiary/aromatic N) is 3. The molecule has 1 aromatic heterocycles. The smallest absolute Gasteiger partial charge is 0.325 e. The minimum atomic E-state index is -0.910. The van der Waals surface area contributed by atoms with Crippen LogP contribution in [0.15, 0.2) is 34.7 Å². The van der Waals surface area contributed by atoms with Crippen LogP contribution in [-0.4, -0.2) is 32.6 Å². The van der Waals surface area contributed by atoms with Crippen LogP contribution < -0.4 is 5.32 Å². The summed E-state index contributed by atoms with van der Waals surface area (Å²) in [5.41, 5.74) is 0.224. The van der Waals surface area contributed by atoms with E-state index in [-0.39, 0.29) is 12.5 Å². The topological polar surface area (TPSA) is 88.3 Å². The zero-order chi connectivity index (χ0) is 17.4. The van der Waals surface area contributed by atoms with Crippen LogP contribution in [0, 0.1) is 0 Å². The highest BCUT2D eigenvalue weighted by atomic mass is 16.4. The fourth-order valence-corrected chi connectivity index (χ4v) is 3.06. The number of imide groups is 1. The molecule has 1 saturated heterocycles. The van der Waals surface area contributed by atoms with Gasteiger partial charge in [0, 0.05) is 5.92 Å². The standard InChI is InChI=1S/C18H20N4O3/c1-18(10-9-12-5-3-2-4-6-12)16(23)22(17(24)19-18)11-14-20-21-15(25-14)13-7-8-13/h2-6,13H,7-11H2,1H3,(H,19,24)/t18-/m0/s1. The summed E-state index contributed by atoms with van der Waals surface area (Å²) in [6.45, 7) is 1.78. The van der Waals surface area contributed by atoms with Crippen molar-refractivity contribution in [1.29, 1.82) is 0 Å². The fraction of sp³-hybridized carbons (Fsp3) is 0.444. The second-order valence-corrected chi connectivity index (χ2v) is 6.95. The van der Waals surface area contributed by atoms with Crippen LogP contribution in [0.4, 0.5) is 4.79 Å². The van der Waals surface area contributed by atoms with Crippen LogP contribution >= 0.6 is 0 Å². The number of carbonyl (C=O) groups is 2. The lowest BCUT2D eigenvalue weighted by atomic mass is 9.93. The maximum absolute atomic E-state index is 12.8. The number of urea groups is 1. The number of amides is 3. The van der Waals surface area contributed by atoms with E-state index in [9.17, 15) is 9.59 Å². The minimum Gasteiger partial charge on any atom is -0.423 e. The Hall–Kier alpha value is -2.70. The van der Waals surface area contributed by atoms with Crippen molar-refractivity contribution in [2.45, 2.75) is 50.6 Å². The second-order valence-electron chi connectivity index (χ2n) is 6.95. The summed E-state index contributed by atoms with van der Waals surface area (Å²) in [5.74, 6) is 1.01. The van der Waals surface area contributed by atoms with Gasteiger partial charge in [0.2, 0.25) is 11.8 Å². The normalized spacial score (nSPS) is 23.2. The number of hydrogen-bond donors (Lipinski definition) is 1. The number of aromatic nitrogens is 2. The highest BCUT2D eigenvalue weighted by Gasteiger charge is 2.47. The highest BCUT2D eigenvalue weighted by Crippen LogP contribution is 2.39. The van der Waals surface area contributed by atoms with Gasteiger partial charge in [0.25, 0.3) is 5.91 Å². The van der Waals surface area contributed by atoms with Gasteiger partial charge in [-0.3, -0.25) is 9.69 Å². The third-order valence-electron chi connectivity index (χ3n) is 4.80. The molecule has 1 atom stereocenters. The van der Waals surface area contributed by atoms with Crippen LogP contribution in [-0.2, 0) is 17.8 Å². The molecule has 1 aliphatic carbocycles. The van der Waals surface area contributed by atoms with Crippen molar-refractivity contribution in [2.75, 3.05) is 0 Å². The fourth-order valence-electron chi connectivity index (χ4n) is 3.06. The summed E-state index contributed by atoms with van der Waals surface area (Å²) >= 11 is 0. The van der Waals surface area contributed by atoms with Gasteiger partial charge >= 0.3 is 6.03 Å². The first kappa shape index (κ1) is 15.8. The lowest BCUT2D eigenvalue weighted by Gasteiger charge is -2.21. The van der Waals surface area contributed by atoms with Crippen LogP contribution in [0.2, 0.25) is 0 Å². The number of benzene rings is 1. The number of aryl methyl sites for hydroxylation is 1. The monoisotopic (exact) mass is 340 g/mol. The van der Waals surface area contributed by atoms with E-state index in [1.807, 2.05) is 30.3 Å². The van der Waals surface area contributed by atoms with Gasteiger partial charge in [-0.05, 0) is 38.2 Å². The van der Waals surface area contributed by atoms with E-state index in [1.54, 1.807) is 6.92 Å². The van der Waals surface area contributed by atoms with Gasteiger partial charge < -0.3 is 9.73 Å². The molecule has 0 radical (unpaired) electrons. The average Bonchev–Trinajstić information content (AvgIpc) is 3.32. The molecule has 0 spiro atoms. The largest absolute Gasteiger partial charge is 0.423 e. The molecule has 7 heteroatoms. The van der Waals surface area contributed by atoms with Crippen molar-refractivity contribution >= 4 is 11.9 Å². The van der Waals surface area contributed by atoms with Gasteiger partial charge in [0.1, 0.15) is 12.1 Å². The Labute approximate surface area is 145 Å². The SMILES string of the molecule is C[C@@]1(CCc2ccccc2)NC(=O)N(Cc2nnc(C3CC3)o2)C1=O. The van der Waals surface area contributed by atoms with Gasteiger partial charge in [-0.25, -0.2) is 4.79 Å². The molecule has 1 aliphatic heterocycles. The van der Waals surface area contributed by atoms with E-state index in [2.05, 4.69) is 15.5 Å². The van der Waals surface area contributed by atoms with Crippen molar-refractivity contribution in [3.05, 3.63) is 47.7 Å². The van der Waals surface area contributed by atoms with Crippen molar-refractivity contribution in [3.63, 3.8) is 0 Å². The van der Waals surface area contributed by atoms with Crippen LogP contribution in [0.25, 0.3) is 0 Å². The molecule has 7 nitrogen and oxygen atoms in total. The summed E-state index contributed by atoms with van der Waals surface area (Å²) in [6.07, 6.45) is 3.36. The maximum Gasteiger partial charge on any atom is 0.325 e. The van der Waals surface area contributed by atoms with E-state index < -0.39 is 11.6 Å². The van der Waals surface area contributed by atoms with E-state index in [0.717, 1.165) is 23.3 Å². The number of rotatable bonds is 6. The molecule has 2 fully saturated rings. The Morgan fingerprint density at radius 1 is 1.24 bits per heavy atom. The van der Waals surface area contributed by atoms with Crippen LogP contribution in [0.5, 0.6) is 0 Å². The number of carbonyl (C=O) groups excluding carboxylic acids is 2. The molecule has 0 unspecified atom stereocenters. The van der Waals surface area contributed by atoms with Crippen molar-refractivity contribution in [3.8, 4) is 0 Å². The summed E-state index contributed by atoms with van der Waals surface area (Å²) in [6, 6.07) is 9.50. The molecule has 0 bridgehead atoms. The summed E-state index contributed by atoms with van der Waals surface area (Å²) in [7, 11) is 0. The first-order valence-electron chi connectivity index (χ1n) is 8.55. The van der Waals surface area contributed by atoms with Gasteiger partial charge in [-0.2, -0.15) is 0 Å². The first-order chi connectivity index (χ1) is 12.0. The molecule has 1 N–H and O–H groups in total. The molecule has 1 saturated carbocycles. The van der Waals surface area contributed by atoms with Crippen molar-refractivity contribution in [1.82, 2.24) is 20.4 Å². The predicted octanol–water partition coefficient (Wildman–Crippen LogP) is 2.39. The van der Waals surface area contributed by atoms with Gasteiger partial charge in [0.15, 0.2) is 0 Å². The summed E-state index contributed by atoms with van der Waals surface area (Å²) in [4.78, 5) is 26.2. The van der Waals surface area contributed by atoms with Gasteiger partial charge in [0.05, 0.1) is 0 Å². The first-order valence-corrected chi connectivity index (χ1v) is 8.55. The van der Waals surface area contributed by atoms with Crippen molar-refractivity contribution < 1.29 is 14.0 Å². The average molecular weight is 340 g/mol. The molecule has 2 aromatic rings. The molecule has 130 valence electrons. The second kappa shape index (κ2) is 5.98. The number of hydrogen-bond acceptors (Lipinski definition) is 5. The molecule has 3 amide bonds. The molecule has 2 heterocycles. The Bertz CT molecular complexity index is 800. The quantitative estimate of drug-likeness (QED) is 0.816. The Balaban J connectivity index is 1.43. The van der Waals surface area contributed by atoms with Crippen LogP contribution in [0.3, 0.4) is 0 Å². The lowest BCUT2D eigenvalue weighted by Crippen LogP contribution is -2.44. The Morgan fingerprint density at radius 3 is 2.72 bits per heavy atom. The Kier molecular flexibility index (Phi) is 3.78. The molecular formula is C18H20N4O3. The lowest BCUT2D eigenvalue weighted by molar-refractivity contribution is -0.131. The molecule has 4 rings (SSSR count). The predicted molar refractivity (Wildman–Crippen MR) is 88.5 cm³/mol.